The van der Waals surface area contributed by atoms with Crippen LogP contribution >= 0.6 is 11.3 Å². The molecule has 0 bridgehead atoms. The largest absolute Gasteiger partial charge is 0.481 e. The van der Waals surface area contributed by atoms with E-state index in [0.717, 1.165) is 38.8 Å². The maximum absolute atomic E-state index is 11.3. The van der Waals surface area contributed by atoms with Crippen LogP contribution in [0.4, 0.5) is 0 Å². The second-order valence-electron chi connectivity index (χ2n) is 6.14. The number of fused-ring (bicyclic) bond motifs is 1. The third kappa shape index (κ3) is 3.02. The number of hydrogen-bond donors (Lipinski definition) is 1. The average Bonchev–Trinajstić information content (AvgIpc) is 3.19. The van der Waals surface area contributed by atoms with Crippen molar-refractivity contribution in [2.24, 2.45) is 0 Å². The normalized spacial score (nSPS) is 11.1. The highest BCUT2D eigenvalue weighted by molar-refractivity contribution is 7.17. The summed E-state index contributed by atoms with van der Waals surface area (Å²) in [5, 5.41) is 9.26. The van der Waals surface area contributed by atoms with Crippen molar-refractivity contribution in [1.29, 1.82) is 0 Å². The summed E-state index contributed by atoms with van der Waals surface area (Å²) in [5.74, 6) is -0.831. The fraction of sp³-hybridized carbons (Fsp3) is 0.143. The van der Waals surface area contributed by atoms with Crippen LogP contribution in [0.1, 0.15) is 17.4 Å². The van der Waals surface area contributed by atoms with Crippen molar-refractivity contribution in [3.8, 4) is 22.5 Å². The summed E-state index contributed by atoms with van der Waals surface area (Å²) in [6.07, 6.45) is 3.01. The first-order chi connectivity index (χ1) is 12.7. The van der Waals surface area contributed by atoms with Gasteiger partial charge in [0.1, 0.15) is 0 Å². The number of carboxylic acid groups (broad SMARTS) is 1. The van der Waals surface area contributed by atoms with Crippen LogP contribution in [0, 0.1) is 0 Å². The Bertz CT molecular complexity index is 1060. The highest BCUT2D eigenvalue weighted by Crippen LogP contribution is 2.34. The zero-order chi connectivity index (χ0) is 18.1. The van der Waals surface area contributed by atoms with Gasteiger partial charge in [0.15, 0.2) is 4.96 Å². The maximum atomic E-state index is 11.3. The number of aromatic nitrogens is 2. The van der Waals surface area contributed by atoms with Gasteiger partial charge in [-0.2, -0.15) is 0 Å². The van der Waals surface area contributed by atoms with Crippen LogP contribution < -0.4 is 0 Å². The minimum atomic E-state index is -0.831. The Hall–Kier alpha value is -2.92. The Morgan fingerprint density at radius 2 is 1.81 bits per heavy atom. The molecular weight excluding hydrogens is 344 g/mol. The number of benzene rings is 2. The van der Waals surface area contributed by atoms with Crippen molar-refractivity contribution in [3.63, 3.8) is 0 Å². The summed E-state index contributed by atoms with van der Waals surface area (Å²) >= 11 is 1.44. The van der Waals surface area contributed by atoms with Crippen LogP contribution in [0.5, 0.6) is 0 Å². The number of thiazole rings is 1. The van der Waals surface area contributed by atoms with E-state index in [1.807, 2.05) is 40.9 Å². The third-order valence-electron chi connectivity index (χ3n) is 4.41. The Morgan fingerprint density at radius 1 is 1.08 bits per heavy atom. The summed E-state index contributed by atoms with van der Waals surface area (Å²) in [6, 6.07) is 18.3. The van der Waals surface area contributed by atoms with Crippen molar-refractivity contribution >= 4 is 22.3 Å². The fourth-order valence-electron chi connectivity index (χ4n) is 3.09. The number of aryl methyl sites for hydroxylation is 1. The molecule has 4 rings (SSSR count). The summed E-state index contributed by atoms with van der Waals surface area (Å²) in [6.45, 7) is 2.14. The molecule has 0 aliphatic rings. The molecule has 2 heterocycles. The van der Waals surface area contributed by atoms with Crippen molar-refractivity contribution in [2.75, 3.05) is 0 Å². The van der Waals surface area contributed by atoms with E-state index in [2.05, 4.69) is 31.2 Å². The third-order valence-corrected chi connectivity index (χ3v) is 5.46. The van der Waals surface area contributed by atoms with E-state index in [-0.39, 0.29) is 6.42 Å². The summed E-state index contributed by atoms with van der Waals surface area (Å²) in [7, 11) is 0. The van der Waals surface area contributed by atoms with Crippen molar-refractivity contribution in [1.82, 2.24) is 9.38 Å². The van der Waals surface area contributed by atoms with Crippen LogP contribution in [0.2, 0.25) is 0 Å². The van der Waals surface area contributed by atoms with E-state index >= 15 is 0 Å². The van der Waals surface area contributed by atoms with Crippen molar-refractivity contribution in [3.05, 3.63) is 71.2 Å². The van der Waals surface area contributed by atoms with Crippen molar-refractivity contribution < 1.29 is 9.90 Å². The number of imidazole rings is 1. The number of aliphatic carboxylic acids is 1. The van der Waals surface area contributed by atoms with E-state index in [9.17, 15) is 9.90 Å². The number of hydrogen-bond acceptors (Lipinski definition) is 3. The molecular formula is C21H18N2O2S. The summed E-state index contributed by atoms with van der Waals surface area (Å²) < 4.78 is 2.02. The second-order valence-corrected chi connectivity index (χ2v) is 7.20. The number of carboxylic acids is 1. The molecule has 0 unspecified atom stereocenters. The first-order valence-corrected chi connectivity index (χ1v) is 9.34. The minimum absolute atomic E-state index is 0.00121. The van der Waals surface area contributed by atoms with Gasteiger partial charge in [0.25, 0.3) is 0 Å². The molecule has 130 valence electrons. The first kappa shape index (κ1) is 16.5. The Kier molecular flexibility index (Phi) is 4.31. The Labute approximate surface area is 155 Å². The highest BCUT2D eigenvalue weighted by atomic mass is 32.1. The first-order valence-electron chi connectivity index (χ1n) is 8.53. The smallest absolute Gasteiger partial charge is 0.308 e. The topological polar surface area (TPSA) is 54.6 Å². The SMILES string of the molecule is CCc1ccc(-c2cn3c(-c4ccccc4)c(CC(=O)O)sc3n2)cc1. The van der Waals surface area contributed by atoms with E-state index in [1.165, 1.54) is 16.9 Å². The van der Waals surface area contributed by atoms with Gasteiger partial charge < -0.3 is 5.11 Å². The fourth-order valence-corrected chi connectivity index (χ4v) is 4.21. The lowest BCUT2D eigenvalue weighted by molar-refractivity contribution is -0.136. The molecule has 0 fully saturated rings. The molecule has 0 atom stereocenters. The maximum Gasteiger partial charge on any atom is 0.308 e. The molecule has 1 N–H and O–H groups in total. The van der Waals surface area contributed by atoms with Gasteiger partial charge in [-0.1, -0.05) is 61.5 Å². The Morgan fingerprint density at radius 3 is 2.46 bits per heavy atom. The molecule has 2 aromatic heterocycles. The van der Waals surface area contributed by atoms with Crippen LogP contribution in [0.25, 0.3) is 27.5 Å². The monoisotopic (exact) mass is 362 g/mol. The minimum Gasteiger partial charge on any atom is -0.481 e. The number of nitrogens with zero attached hydrogens (tertiary/aromatic N) is 2. The van der Waals surface area contributed by atoms with Crippen LogP contribution in [0.3, 0.4) is 0 Å². The predicted octanol–water partition coefficient (Wildman–Crippen LogP) is 4.92. The quantitative estimate of drug-likeness (QED) is 0.548. The summed E-state index contributed by atoms with van der Waals surface area (Å²) in [5.41, 5.74) is 5.18. The lowest BCUT2D eigenvalue weighted by Crippen LogP contribution is -2.00. The molecule has 26 heavy (non-hydrogen) atoms. The number of carbonyl (C=O) groups is 1. The molecule has 4 nitrogen and oxygen atoms in total. The van der Waals surface area contributed by atoms with E-state index < -0.39 is 5.97 Å². The van der Waals surface area contributed by atoms with Gasteiger partial charge in [0.05, 0.1) is 17.8 Å². The van der Waals surface area contributed by atoms with Gasteiger partial charge in [-0.15, -0.1) is 11.3 Å². The molecule has 0 aliphatic heterocycles. The van der Waals surface area contributed by atoms with E-state index in [0.29, 0.717) is 0 Å². The van der Waals surface area contributed by atoms with Gasteiger partial charge in [0, 0.05) is 16.6 Å². The van der Waals surface area contributed by atoms with E-state index in [4.69, 9.17) is 4.98 Å². The lowest BCUT2D eigenvalue weighted by Gasteiger charge is -2.03. The van der Waals surface area contributed by atoms with Gasteiger partial charge in [-0.25, -0.2) is 4.98 Å². The zero-order valence-electron chi connectivity index (χ0n) is 14.3. The highest BCUT2D eigenvalue weighted by Gasteiger charge is 2.18. The number of rotatable bonds is 5. The molecule has 0 saturated carbocycles. The molecule has 4 aromatic rings. The molecule has 2 aromatic carbocycles. The molecule has 5 heteroatoms. The average molecular weight is 362 g/mol. The van der Waals surface area contributed by atoms with Gasteiger partial charge in [-0.05, 0) is 17.5 Å². The zero-order valence-corrected chi connectivity index (χ0v) is 15.2. The van der Waals surface area contributed by atoms with Gasteiger partial charge >= 0.3 is 5.97 Å². The summed E-state index contributed by atoms with van der Waals surface area (Å²) in [4.78, 5) is 17.7. The second kappa shape index (κ2) is 6.77. The van der Waals surface area contributed by atoms with Crippen LogP contribution in [-0.2, 0) is 17.6 Å². The molecule has 0 saturated heterocycles. The van der Waals surface area contributed by atoms with Gasteiger partial charge in [0.2, 0.25) is 0 Å². The molecule has 0 aliphatic carbocycles. The Balaban J connectivity index is 1.85. The van der Waals surface area contributed by atoms with Crippen LogP contribution in [0.15, 0.2) is 60.8 Å². The van der Waals surface area contributed by atoms with E-state index in [1.54, 1.807) is 0 Å². The van der Waals surface area contributed by atoms with Crippen molar-refractivity contribution in [2.45, 2.75) is 19.8 Å². The molecule has 0 spiro atoms. The van der Waals surface area contributed by atoms with Crippen LogP contribution in [-0.4, -0.2) is 20.5 Å². The molecule has 0 radical (unpaired) electrons. The molecule has 0 amide bonds. The standard InChI is InChI=1S/C21H18N2O2S/c1-2-14-8-10-15(11-9-14)17-13-23-20(16-6-4-3-5-7-16)18(12-19(24)25)26-21(23)22-17/h3-11,13H,2,12H2,1H3,(H,24,25). The van der Waals surface area contributed by atoms with Gasteiger partial charge in [-0.3, -0.25) is 9.20 Å². The predicted molar refractivity (Wildman–Crippen MR) is 105 cm³/mol. The lowest BCUT2D eigenvalue weighted by atomic mass is 10.1.